The van der Waals surface area contributed by atoms with Crippen LogP contribution in [0.5, 0.6) is 0 Å². The summed E-state index contributed by atoms with van der Waals surface area (Å²) >= 11 is 4.48. The van der Waals surface area contributed by atoms with Gasteiger partial charge in [0.05, 0.1) is 10.4 Å². The standard InChI is InChI=1S/C14H14BrNO4S/c1-14(2,3)20-13(19)16-9-7-5-4-6-8(15)10(7)21-11(9)12(17)18/h4-6H,1-3H3,(H,16,19)(H,17,18). The molecule has 0 bridgehead atoms. The Balaban J connectivity index is 2.47. The number of aromatic carboxylic acids is 1. The zero-order valence-corrected chi connectivity index (χ0v) is 14.1. The molecule has 2 aromatic rings. The van der Waals surface area contributed by atoms with Crippen molar-refractivity contribution in [2.45, 2.75) is 26.4 Å². The second-order valence-corrected chi connectivity index (χ2v) is 7.23. The maximum atomic E-state index is 11.9. The summed E-state index contributed by atoms with van der Waals surface area (Å²) in [5, 5.41) is 12.5. The number of thiophene rings is 1. The third-order valence-electron chi connectivity index (χ3n) is 2.49. The highest BCUT2D eigenvalue weighted by atomic mass is 79.9. The lowest BCUT2D eigenvalue weighted by Crippen LogP contribution is -2.27. The number of nitrogens with one attached hydrogen (secondary N) is 1. The van der Waals surface area contributed by atoms with Gasteiger partial charge in [0.2, 0.25) is 0 Å². The van der Waals surface area contributed by atoms with Crippen LogP contribution in [-0.4, -0.2) is 22.8 Å². The third-order valence-corrected chi connectivity index (χ3v) is 4.64. The molecule has 0 fully saturated rings. The maximum absolute atomic E-state index is 11.9. The number of halogens is 1. The second-order valence-electron chi connectivity index (χ2n) is 5.35. The molecular formula is C14H14BrNO4S. The topological polar surface area (TPSA) is 75.6 Å². The van der Waals surface area contributed by atoms with Crippen molar-refractivity contribution in [1.82, 2.24) is 0 Å². The number of benzene rings is 1. The Hall–Kier alpha value is -1.60. The summed E-state index contributed by atoms with van der Waals surface area (Å²) in [6.07, 6.45) is -0.676. The first-order valence-electron chi connectivity index (χ1n) is 6.13. The number of hydrogen-bond donors (Lipinski definition) is 2. The maximum Gasteiger partial charge on any atom is 0.412 e. The van der Waals surface area contributed by atoms with E-state index in [1.54, 1.807) is 32.9 Å². The first-order valence-corrected chi connectivity index (χ1v) is 7.74. The minimum atomic E-state index is -1.09. The molecule has 7 heteroatoms. The van der Waals surface area contributed by atoms with E-state index in [4.69, 9.17) is 4.74 Å². The molecule has 0 aliphatic rings. The first kappa shape index (κ1) is 15.8. The summed E-state index contributed by atoms with van der Waals surface area (Å²) in [4.78, 5) is 23.3. The average molecular weight is 372 g/mol. The Labute approximate surface area is 134 Å². The smallest absolute Gasteiger partial charge is 0.412 e. The fourth-order valence-corrected chi connectivity index (χ4v) is 3.37. The van der Waals surface area contributed by atoms with E-state index in [-0.39, 0.29) is 10.6 Å². The van der Waals surface area contributed by atoms with Gasteiger partial charge < -0.3 is 9.84 Å². The number of carboxylic acid groups (broad SMARTS) is 1. The molecule has 2 rings (SSSR count). The van der Waals surface area contributed by atoms with Gasteiger partial charge in [0.1, 0.15) is 10.5 Å². The van der Waals surface area contributed by atoms with Crippen molar-refractivity contribution in [1.29, 1.82) is 0 Å². The highest BCUT2D eigenvalue weighted by Gasteiger charge is 2.23. The molecule has 1 aromatic carbocycles. The van der Waals surface area contributed by atoms with Gasteiger partial charge in [-0.2, -0.15) is 0 Å². The average Bonchev–Trinajstić information content (AvgIpc) is 2.67. The fourth-order valence-electron chi connectivity index (χ4n) is 1.77. The normalized spacial score (nSPS) is 11.4. The number of ether oxygens (including phenoxy) is 1. The summed E-state index contributed by atoms with van der Waals surface area (Å²) < 4.78 is 6.72. The Morgan fingerprint density at radius 1 is 1.33 bits per heavy atom. The van der Waals surface area contributed by atoms with Crippen LogP contribution >= 0.6 is 27.3 Å². The zero-order chi connectivity index (χ0) is 15.8. The predicted octanol–water partition coefficient (Wildman–Crippen LogP) is 4.71. The Bertz CT molecular complexity index is 718. The van der Waals surface area contributed by atoms with Crippen LogP contribution in [0.2, 0.25) is 0 Å². The van der Waals surface area contributed by atoms with E-state index < -0.39 is 17.7 Å². The van der Waals surface area contributed by atoms with Gasteiger partial charge in [-0.1, -0.05) is 12.1 Å². The lowest BCUT2D eigenvalue weighted by atomic mass is 10.2. The van der Waals surface area contributed by atoms with E-state index in [1.165, 1.54) is 0 Å². The SMILES string of the molecule is CC(C)(C)OC(=O)Nc1c(C(=O)O)sc2c(Br)cccc12. The molecule has 1 aromatic heterocycles. The van der Waals surface area contributed by atoms with Crippen molar-refractivity contribution in [3.63, 3.8) is 0 Å². The van der Waals surface area contributed by atoms with Gasteiger partial charge in [-0.05, 0) is 42.8 Å². The molecule has 0 unspecified atom stereocenters. The van der Waals surface area contributed by atoms with Gasteiger partial charge >= 0.3 is 12.1 Å². The van der Waals surface area contributed by atoms with Crippen LogP contribution in [0.4, 0.5) is 10.5 Å². The van der Waals surface area contributed by atoms with E-state index in [2.05, 4.69) is 21.2 Å². The van der Waals surface area contributed by atoms with Gasteiger partial charge in [0.15, 0.2) is 0 Å². The van der Waals surface area contributed by atoms with Crippen LogP contribution < -0.4 is 5.32 Å². The summed E-state index contributed by atoms with van der Waals surface area (Å²) in [6, 6.07) is 5.36. The van der Waals surface area contributed by atoms with Crippen LogP contribution in [0.3, 0.4) is 0 Å². The third kappa shape index (κ3) is 3.54. The Kier molecular flexibility index (Phi) is 4.25. The van der Waals surface area contributed by atoms with E-state index in [0.29, 0.717) is 5.39 Å². The molecule has 0 spiro atoms. The zero-order valence-electron chi connectivity index (χ0n) is 11.7. The van der Waals surface area contributed by atoms with E-state index in [9.17, 15) is 14.7 Å². The molecule has 0 saturated carbocycles. The van der Waals surface area contributed by atoms with Crippen molar-refractivity contribution < 1.29 is 19.4 Å². The lowest BCUT2D eigenvalue weighted by Gasteiger charge is -2.19. The fraction of sp³-hybridized carbons (Fsp3) is 0.286. The van der Waals surface area contributed by atoms with Crippen molar-refractivity contribution in [3.05, 3.63) is 27.5 Å². The molecule has 1 heterocycles. The van der Waals surface area contributed by atoms with Gasteiger partial charge in [0, 0.05) is 9.86 Å². The van der Waals surface area contributed by atoms with E-state index in [0.717, 1.165) is 20.5 Å². The van der Waals surface area contributed by atoms with Crippen LogP contribution in [0.25, 0.3) is 10.1 Å². The molecule has 5 nitrogen and oxygen atoms in total. The summed E-state index contributed by atoms with van der Waals surface area (Å²) in [5.74, 6) is -1.09. The molecule has 2 N–H and O–H groups in total. The van der Waals surface area contributed by atoms with Crippen molar-refractivity contribution >= 4 is 55.1 Å². The molecule has 0 radical (unpaired) electrons. The monoisotopic (exact) mass is 371 g/mol. The highest BCUT2D eigenvalue weighted by molar-refractivity contribution is 9.10. The van der Waals surface area contributed by atoms with Gasteiger partial charge in [-0.15, -0.1) is 11.3 Å². The van der Waals surface area contributed by atoms with Gasteiger partial charge in [-0.25, -0.2) is 9.59 Å². The number of carbonyl (C=O) groups excluding carboxylic acids is 1. The number of amides is 1. The van der Waals surface area contributed by atoms with E-state index >= 15 is 0 Å². The van der Waals surface area contributed by atoms with Crippen molar-refractivity contribution in [2.24, 2.45) is 0 Å². The molecule has 0 aliphatic carbocycles. The molecule has 112 valence electrons. The molecular weight excluding hydrogens is 358 g/mol. The van der Waals surface area contributed by atoms with Crippen LogP contribution in [0, 0.1) is 0 Å². The first-order chi connectivity index (χ1) is 9.69. The lowest BCUT2D eigenvalue weighted by molar-refractivity contribution is 0.0636. The Morgan fingerprint density at radius 3 is 2.57 bits per heavy atom. The number of anilines is 1. The highest BCUT2D eigenvalue weighted by Crippen LogP contribution is 2.39. The Morgan fingerprint density at radius 2 is 2.00 bits per heavy atom. The molecule has 0 saturated heterocycles. The summed E-state index contributed by atoms with van der Waals surface area (Å²) in [7, 11) is 0. The largest absolute Gasteiger partial charge is 0.477 e. The minimum absolute atomic E-state index is 0.0720. The number of rotatable bonds is 2. The number of carbonyl (C=O) groups is 2. The predicted molar refractivity (Wildman–Crippen MR) is 86.3 cm³/mol. The summed E-state index contributed by atoms with van der Waals surface area (Å²) in [5.41, 5.74) is -0.391. The molecule has 0 aliphatic heterocycles. The minimum Gasteiger partial charge on any atom is -0.477 e. The van der Waals surface area contributed by atoms with Crippen molar-refractivity contribution in [3.8, 4) is 0 Å². The second kappa shape index (κ2) is 5.65. The van der Waals surface area contributed by atoms with Gasteiger partial charge in [0.25, 0.3) is 0 Å². The van der Waals surface area contributed by atoms with E-state index in [1.807, 2.05) is 6.07 Å². The van der Waals surface area contributed by atoms with Gasteiger partial charge in [-0.3, -0.25) is 5.32 Å². The quantitative estimate of drug-likeness (QED) is 0.801. The van der Waals surface area contributed by atoms with Crippen LogP contribution in [0.1, 0.15) is 30.4 Å². The van der Waals surface area contributed by atoms with Crippen LogP contribution in [0.15, 0.2) is 22.7 Å². The van der Waals surface area contributed by atoms with Crippen molar-refractivity contribution in [2.75, 3.05) is 5.32 Å². The number of fused-ring (bicyclic) bond motifs is 1. The molecule has 1 amide bonds. The molecule has 0 atom stereocenters. The molecule has 21 heavy (non-hydrogen) atoms. The van der Waals surface area contributed by atoms with Crippen LogP contribution in [-0.2, 0) is 4.74 Å². The number of carboxylic acids is 1. The summed E-state index contributed by atoms with van der Waals surface area (Å²) in [6.45, 7) is 5.23. The number of hydrogen-bond acceptors (Lipinski definition) is 4.